The van der Waals surface area contributed by atoms with Crippen LogP contribution in [0.3, 0.4) is 0 Å². The minimum atomic E-state index is -0.474. The third-order valence-electron chi connectivity index (χ3n) is 2.33. The van der Waals surface area contributed by atoms with Crippen LogP contribution in [0.5, 0.6) is 0 Å². The molecule has 0 aliphatic carbocycles. The van der Waals surface area contributed by atoms with Crippen LogP contribution < -0.4 is 4.90 Å². The second-order valence-corrected chi connectivity index (χ2v) is 3.53. The molecule has 0 aromatic heterocycles. The van der Waals surface area contributed by atoms with Crippen LogP contribution in [-0.2, 0) is 0 Å². The minimum absolute atomic E-state index is 0.123. The number of carbonyl (C=O) groups excluding carboxylic acids is 1. The Morgan fingerprint density at radius 2 is 2.25 bits per heavy atom. The lowest BCUT2D eigenvalue weighted by Crippen LogP contribution is -2.25. The molecule has 0 spiro atoms. The van der Waals surface area contributed by atoms with Crippen molar-refractivity contribution in [2.45, 2.75) is 13.3 Å². The third-order valence-corrected chi connectivity index (χ3v) is 2.33. The smallest absolute Gasteiger partial charge is 0.155 e. The predicted molar refractivity (Wildman–Crippen MR) is 64.5 cm³/mol. The molecule has 86 valence electrons. The highest BCUT2D eigenvalue weighted by atomic mass is 19.1. The monoisotopic (exact) mass is 221 g/mol. The summed E-state index contributed by atoms with van der Waals surface area (Å²) in [6.07, 6.45) is 3.24. The standard InChI is InChI=1S/C13H16FNO/c1-3-8-15(9-4-2)13-7-5-6-12(14)11(13)10-16/h3,5-7,10H,1,4,8-9H2,2H3. The van der Waals surface area contributed by atoms with Crippen molar-refractivity contribution in [3.8, 4) is 0 Å². The normalized spacial score (nSPS) is 9.88. The Morgan fingerprint density at radius 1 is 1.50 bits per heavy atom. The van der Waals surface area contributed by atoms with Gasteiger partial charge in [-0.15, -0.1) is 6.58 Å². The van der Waals surface area contributed by atoms with Gasteiger partial charge in [-0.05, 0) is 18.6 Å². The highest BCUT2D eigenvalue weighted by molar-refractivity contribution is 5.85. The van der Waals surface area contributed by atoms with Crippen LogP contribution in [0, 0.1) is 5.82 Å². The molecule has 0 heterocycles. The van der Waals surface area contributed by atoms with Gasteiger partial charge in [0.1, 0.15) is 5.82 Å². The van der Waals surface area contributed by atoms with Crippen molar-refractivity contribution in [1.82, 2.24) is 0 Å². The van der Waals surface area contributed by atoms with E-state index in [1.165, 1.54) is 6.07 Å². The van der Waals surface area contributed by atoms with Crippen LogP contribution in [0.2, 0.25) is 0 Å². The van der Waals surface area contributed by atoms with Crippen LogP contribution in [0.25, 0.3) is 0 Å². The minimum Gasteiger partial charge on any atom is -0.367 e. The van der Waals surface area contributed by atoms with Gasteiger partial charge in [0.05, 0.1) is 11.3 Å². The molecule has 0 bridgehead atoms. The molecule has 1 rings (SSSR count). The fourth-order valence-corrected chi connectivity index (χ4v) is 1.65. The van der Waals surface area contributed by atoms with Crippen LogP contribution in [0.15, 0.2) is 30.9 Å². The number of aldehydes is 1. The first kappa shape index (κ1) is 12.4. The first-order valence-electron chi connectivity index (χ1n) is 5.34. The van der Waals surface area contributed by atoms with E-state index >= 15 is 0 Å². The molecule has 0 radical (unpaired) electrons. The zero-order chi connectivity index (χ0) is 12.0. The van der Waals surface area contributed by atoms with E-state index in [2.05, 4.69) is 6.58 Å². The summed E-state index contributed by atoms with van der Waals surface area (Å²) >= 11 is 0. The lowest BCUT2D eigenvalue weighted by atomic mass is 10.1. The second-order valence-electron chi connectivity index (χ2n) is 3.53. The maximum atomic E-state index is 13.4. The molecule has 3 heteroatoms. The van der Waals surface area contributed by atoms with Gasteiger partial charge in [0.25, 0.3) is 0 Å². The summed E-state index contributed by atoms with van der Waals surface area (Å²) in [4.78, 5) is 12.8. The molecule has 0 aliphatic heterocycles. The molecule has 0 aliphatic rings. The van der Waals surface area contributed by atoms with Gasteiger partial charge >= 0.3 is 0 Å². The Balaban J connectivity index is 3.11. The Labute approximate surface area is 95.4 Å². The average molecular weight is 221 g/mol. The first-order chi connectivity index (χ1) is 7.74. The van der Waals surface area contributed by atoms with Crippen molar-refractivity contribution in [2.75, 3.05) is 18.0 Å². The Hall–Kier alpha value is -1.64. The SMILES string of the molecule is C=CCN(CCC)c1cccc(F)c1C=O. The van der Waals surface area contributed by atoms with Crippen molar-refractivity contribution >= 4 is 12.0 Å². The molecule has 16 heavy (non-hydrogen) atoms. The number of hydrogen-bond donors (Lipinski definition) is 0. The fraction of sp³-hybridized carbons (Fsp3) is 0.308. The number of carbonyl (C=O) groups is 1. The van der Waals surface area contributed by atoms with E-state index in [9.17, 15) is 9.18 Å². The summed E-state index contributed by atoms with van der Waals surface area (Å²) in [6, 6.07) is 4.67. The predicted octanol–water partition coefficient (Wildman–Crippen LogP) is 3.04. The highest BCUT2D eigenvalue weighted by Gasteiger charge is 2.12. The maximum Gasteiger partial charge on any atom is 0.155 e. The summed E-state index contributed by atoms with van der Waals surface area (Å²) in [7, 11) is 0. The van der Waals surface area contributed by atoms with Crippen molar-refractivity contribution in [3.63, 3.8) is 0 Å². The summed E-state index contributed by atoms with van der Waals surface area (Å²) in [5.41, 5.74) is 0.759. The summed E-state index contributed by atoms with van der Waals surface area (Å²) in [6.45, 7) is 7.08. The first-order valence-corrected chi connectivity index (χ1v) is 5.34. The lowest BCUT2D eigenvalue weighted by molar-refractivity contribution is 0.112. The molecule has 0 atom stereocenters. The third kappa shape index (κ3) is 2.69. The number of benzene rings is 1. The second kappa shape index (κ2) is 6.05. The van der Waals surface area contributed by atoms with Crippen LogP contribution in [0.4, 0.5) is 10.1 Å². The van der Waals surface area contributed by atoms with Gasteiger partial charge in [-0.2, -0.15) is 0 Å². The Bertz CT molecular complexity index is 376. The van der Waals surface area contributed by atoms with Gasteiger partial charge in [-0.25, -0.2) is 4.39 Å². The quantitative estimate of drug-likeness (QED) is 0.543. The van der Waals surface area contributed by atoms with Gasteiger partial charge in [-0.1, -0.05) is 19.1 Å². The van der Waals surface area contributed by atoms with E-state index in [-0.39, 0.29) is 5.56 Å². The number of halogens is 1. The van der Waals surface area contributed by atoms with Gasteiger partial charge < -0.3 is 4.90 Å². The maximum absolute atomic E-state index is 13.4. The average Bonchev–Trinajstić information content (AvgIpc) is 2.28. The Morgan fingerprint density at radius 3 is 2.81 bits per heavy atom. The topological polar surface area (TPSA) is 20.3 Å². The van der Waals surface area contributed by atoms with Gasteiger partial charge in [0.2, 0.25) is 0 Å². The molecular weight excluding hydrogens is 205 g/mol. The zero-order valence-corrected chi connectivity index (χ0v) is 9.45. The largest absolute Gasteiger partial charge is 0.367 e. The number of anilines is 1. The molecule has 0 unspecified atom stereocenters. The summed E-state index contributed by atoms with van der Waals surface area (Å²) in [5.74, 6) is -0.474. The van der Waals surface area contributed by atoms with Crippen molar-refractivity contribution in [2.24, 2.45) is 0 Å². The molecule has 0 fully saturated rings. The lowest BCUT2D eigenvalue weighted by Gasteiger charge is -2.24. The number of nitrogens with zero attached hydrogens (tertiary/aromatic N) is 1. The van der Waals surface area contributed by atoms with E-state index in [1.54, 1.807) is 18.2 Å². The molecule has 0 N–H and O–H groups in total. The molecule has 2 nitrogen and oxygen atoms in total. The van der Waals surface area contributed by atoms with Crippen LogP contribution in [-0.4, -0.2) is 19.4 Å². The number of hydrogen-bond acceptors (Lipinski definition) is 2. The molecular formula is C13H16FNO. The summed E-state index contributed by atoms with van der Waals surface area (Å²) in [5, 5.41) is 0. The van der Waals surface area contributed by atoms with E-state index in [0.29, 0.717) is 18.5 Å². The van der Waals surface area contributed by atoms with Crippen molar-refractivity contribution < 1.29 is 9.18 Å². The molecule has 0 amide bonds. The fourth-order valence-electron chi connectivity index (χ4n) is 1.65. The van der Waals surface area contributed by atoms with Gasteiger partial charge in [0, 0.05) is 13.1 Å². The Kier molecular flexibility index (Phi) is 4.70. The molecule has 1 aromatic rings. The van der Waals surface area contributed by atoms with Crippen molar-refractivity contribution in [3.05, 3.63) is 42.2 Å². The van der Waals surface area contributed by atoms with Gasteiger partial charge in [0.15, 0.2) is 6.29 Å². The van der Waals surface area contributed by atoms with E-state index < -0.39 is 5.82 Å². The van der Waals surface area contributed by atoms with Crippen molar-refractivity contribution in [1.29, 1.82) is 0 Å². The van der Waals surface area contributed by atoms with Gasteiger partial charge in [-0.3, -0.25) is 4.79 Å². The van der Waals surface area contributed by atoms with Crippen LogP contribution in [0.1, 0.15) is 23.7 Å². The highest BCUT2D eigenvalue weighted by Crippen LogP contribution is 2.21. The molecule has 0 saturated heterocycles. The number of rotatable bonds is 6. The van der Waals surface area contributed by atoms with E-state index in [1.807, 2.05) is 11.8 Å². The molecule has 1 aromatic carbocycles. The zero-order valence-electron chi connectivity index (χ0n) is 9.45. The van der Waals surface area contributed by atoms with E-state index in [0.717, 1.165) is 13.0 Å². The summed E-state index contributed by atoms with van der Waals surface area (Å²) < 4.78 is 13.4. The van der Waals surface area contributed by atoms with Crippen LogP contribution >= 0.6 is 0 Å². The van der Waals surface area contributed by atoms with E-state index in [4.69, 9.17) is 0 Å². The molecule has 0 saturated carbocycles.